The average Bonchev–Trinajstić information content (AvgIpc) is 2.32. The second-order valence-corrected chi connectivity index (χ2v) is 4.15. The lowest BCUT2D eigenvalue weighted by atomic mass is 10.2. The highest BCUT2D eigenvalue weighted by Gasteiger charge is 2.08. The van der Waals surface area contributed by atoms with Crippen molar-refractivity contribution in [1.82, 2.24) is 15.5 Å². The van der Waals surface area contributed by atoms with Crippen LogP contribution >= 0.6 is 11.6 Å². The van der Waals surface area contributed by atoms with Gasteiger partial charge in [-0.2, -0.15) is 0 Å². The molecule has 0 aliphatic rings. The van der Waals surface area contributed by atoms with Gasteiger partial charge in [-0.05, 0) is 31.4 Å². The Morgan fingerprint density at radius 1 is 1.29 bits per heavy atom. The topological polar surface area (TPSA) is 66.9 Å². The molecule has 0 radical (unpaired) electrons. The number of rotatable bonds is 5. The summed E-state index contributed by atoms with van der Waals surface area (Å²) in [6.07, 6.45) is 0.921. The number of hydrogen-bond donors (Lipinski definition) is 2. The minimum Gasteiger partial charge on any atom is -0.359 e. The van der Waals surface area contributed by atoms with Crippen molar-refractivity contribution in [3.8, 4) is 0 Å². The number of nitrogens with zero attached hydrogens (tertiary/aromatic N) is 2. The number of aromatic nitrogens is 2. The predicted octanol–water partition coefficient (Wildman–Crippen LogP) is 1.68. The number of carbonyl (C=O) groups is 1. The Hall–Kier alpha value is -1.36. The molecule has 5 nitrogen and oxygen atoms in total. The highest BCUT2D eigenvalue weighted by Crippen LogP contribution is 2.20. The van der Waals surface area contributed by atoms with Gasteiger partial charge in [-0.3, -0.25) is 4.79 Å². The van der Waals surface area contributed by atoms with E-state index in [2.05, 4.69) is 20.8 Å². The van der Waals surface area contributed by atoms with Gasteiger partial charge in [0.05, 0.1) is 6.54 Å². The summed E-state index contributed by atoms with van der Waals surface area (Å²) in [6.45, 7) is 6.64. The van der Waals surface area contributed by atoms with Gasteiger partial charge >= 0.3 is 0 Å². The van der Waals surface area contributed by atoms with Crippen LogP contribution in [0.25, 0.3) is 0 Å². The highest BCUT2D eigenvalue weighted by molar-refractivity contribution is 6.30. The lowest BCUT2D eigenvalue weighted by Gasteiger charge is -2.10. The van der Waals surface area contributed by atoms with E-state index in [0.29, 0.717) is 17.5 Å². The first kappa shape index (κ1) is 13.7. The minimum atomic E-state index is -0.0550. The highest BCUT2D eigenvalue weighted by atomic mass is 35.5. The van der Waals surface area contributed by atoms with Crippen molar-refractivity contribution >= 4 is 23.3 Å². The normalized spacial score (nSPS) is 10.1. The van der Waals surface area contributed by atoms with Gasteiger partial charge in [-0.15, -0.1) is 10.2 Å². The molecule has 0 aromatic carbocycles. The zero-order valence-electron chi connectivity index (χ0n) is 10.3. The van der Waals surface area contributed by atoms with Crippen molar-refractivity contribution in [3.63, 3.8) is 0 Å². The number of anilines is 1. The van der Waals surface area contributed by atoms with Gasteiger partial charge < -0.3 is 10.6 Å². The zero-order valence-corrected chi connectivity index (χ0v) is 11.1. The van der Waals surface area contributed by atoms with Crippen molar-refractivity contribution in [2.75, 3.05) is 18.4 Å². The number of carbonyl (C=O) groups excluding carboxylic acids is 1. The smallest absolute Gasteiger partial charge is 0.239 e. The van der Waals surface area contributed by atoms with E-state index in [4.69, 9.17) is 11.6 Å². The van der Waals surface area contributed by atoms with Crippen LogP contribution in [0.1, 0.15) is 24.5 Å². The summed E-state index contributed by atoms with van der Waals surface area (Å²) in [6, 6.07) is 0. The summed E-state index contributed by atoms with van der Waals surface area (Å²) in [5, 5.41) is 13.8. The van der Waals surface area contributed by atoms with Crippen LogP contribution in [-0.4, -0.2) is 29.2 Å². The van der Waals surface area contributed by atoms with Crippen molar-refractivity contribution < 1.29 is 4.79 Å². The summed E-state index contributed by atoms with van der Waals surface area (Å²) in [5.74, 6) is 0.541. The second kappa shape index (κ2) is 6.39. The first-order valence-corrected chi connectivity index (χ1v) is 5.94. The molecule has 6 heteroatoms. The fraction of sp³-hybridized carbons (Fsp3) is 0.545. The standard InChI is InChI=1S/C11H17ClN4O/c1-4-5-13-9(17)6-14-11-8(3)7(2)10(12)15-16-11/h4-6H2,1-3H3,(H,13,17)(H,14,16). The molecule has 1 amide bonds. The summed E-state index contributed by atoms with van der Waals surface area (Å²) in [4.78, 5) is 11.4. The van der Waals surface area contributed by atoms with Gasteiger partial charge in [0.2, 0.25) is 5.91 Å². The predicted molar refractivity (Wildman–Crippen MR) is 68.3 cm³/mol. The Bertz CT molecular complexity index is 409. The number of amides is 1. The molecular weight excluding hydrogens is 240 g/mol. The molecule has 0 saturated carbocycles. The molecule has 1 aromatic heterocycles. The summed E-state index contributed by atoms with van der Waals surface area (Å²) in [7, 11) is 0. The molecule has 0 fully saturated rings. The summed E-state index contributed by atoms with van der Waals surface area (Å²) < 4.78 is 0. The molecule has 0 aliphatic heterocycles. The molecule has 0 aliphatic carbocycles. The molecule has 1 heterocycles. The fourth-order valence-corrected chi connectivity index (χ4v) is 1.41. The molecule has 2 N–H and O–H groups in total. The number of hydrogen-bond acceptors (Lipinski definition) is 4. The van der Waals surface area contributed by atoms with E-state index in [1.54, 1.807) is 0 Å². The van der Waals surface area contributed by atoms with E-state index < -0.39 is 0 Å². The van der Waals surface area contributed by atoms with Gasteiger partial charge in [0.1, 0.15) is 0 Å². The molecule has 0 unspecified atom stereocenters. The Kier molecular flexibility index (Phi) is 5.15. The maximum atomic E-state index is 11.4. The Balaban J connectivity index is 2.58. The van der Waals surface area contributed by atoms with E-state index in [9.17, 15) is 4.79 Å². The second-order valence-electron chi connectivity index (χ2n) is 3.79. The van der Waals surface area contributed by atoms with Crippen LogP contribution < -0.4 is 10.6 Å². The van der Waals surface area contributed by atoms with Crippen LogP contribution in [0.4, 0.5) is 5.82 Å². The van der Waals surface area contributed by atoms with Crippen LogP contribution in [0.5, 0.6) is 0 Å². The third-order valence-electron chi connectivity index (χ3n) is 2.45. The van der Waals surface area contributed by atoms with Crippen molar-refractivity contribution in [1.29, 1.82) is 0 Å². The summed E-state index contributed by atoms with van der Waals surface area (Å²) in [5.41, 5.74) is 1.78. The Morgan fingerprint density at radius 3 is 2.65 bits per heavy atom. The van der Waals surface area contributed by atoms with Gasteiger partial charge in [0, 0.05) is 6.54 Å². The van der Waals surface area contributed by atoms with Crippen LogP contribution in [0.15, 0.2) is 0 Å². The van der Waals surface area contributed by atoms with Crippen molar-refractivity contribution in [2.45, 2.75) is 27.2 Å². The third-order valence-corrected chi connectivity index (χ3v) is 2.81. The van der Waals surface area contributed by atoms with Crippen molar-refractivity contribution in [3.05, 3.63) is 16.3 Å². The number of halogens is 1. The zero-order chi connectivity index (χ0) is 12.8. The maximum absolute atomic E-state index is 11.4. The van der Waals surface area contributed by atoms with E-state index in [-0.39, 0.29) is 12.5 Å². The molecule has 94 valence electrons. The molecule has 1 aromatic rings. The molecule has 0 atom stereocenters. The maximum Gasteiger partial charge on any atom is 0.239 e. The third kappa shape index (κ3) is 3.85. The average molecular weight is 257 g/mol. The van der Waals surface area contributed by atoms with Gasteiger partial charge in [-0.1, -0.05) is 18.5 Å². The largest absolute Gasteiger partial charge is 0.359 e. The lowest BCUT2D eigenvalue weighted by Crippen LogP contribution is -2.30. The quantitative estimate of drug-likeness (QED) is 0.841. The Labute approximate surface area is 106 Å². The van der Waals surface area contributed by atoms with E-state index in [1.165, 1.54) is 0 Å². The van der Waals surface area contributed by atoms with Crippen LogP contribution in [-0.2, 0) is 4.79 Å². The summed E-state index contributed by atoms with van der Waals surface area (Å²) >= 11 is 5.84. The minimum absolute atomic E-state index is 0.0550. The SMILES string of the molecule is CCCNC(=O)CNc1nnc(Cl)c(C)c1C. The molecule has 0 saturated heterocycles. The van der Waals surface area contributed by atoms with E-state index >= 15 is 0 Å². The Morgan fingerprint density at radius 2 is 2.00 bits per heavy atom. The molecule has 1 rings (SSSR count). The molecule has 0 spiro atoms. The van der Waals surface area contributed by atoms with Gasteiger partial charge in [-0.25, -0.2) is 0 Å². The lowest BCUT2D eigenvalue weighted by molar-refractivity contribution is -0.119. The van der Waals surface area contributed by atoms with E-state index in [1.807, 2.05) is 20.8 Å². The van der Waals surface area contributed by atoms with E-state index in [0.717, 1.165) is 17.5 Å². The van der Waals surface area contributed by atoms with Crippen molar-refractivity contribution in [2.24, 2.45) is 0 Å². The van der Waals surface area contributed by atoms with Crippen LogP contribution in [0.3, 0.4) is 0 Å². The monoisotopic (exact) mass is 256 g/mol. The van der Waals surface area contributed by atoms with Gasteiger partial charge in [0.25, 0.3) is 0 Å². The molecular formula is C11H17ClN4O. The first-order chi connectivity index (χ1) is 8.06. The van der Waals surface area contributed by atoms with Gasteiger partial charge in [0.15, 0.2) is 11.0 Å². The first-order valence-electron chi connectivity index (χ1n) is 5.56. The fourth-order valence-electron chi connectivity index (χ4n) is 1.24. The molecule has 17 heavy (non-hydrogen) atoms. The van der Waals surface area contributed by atoms with Crippen LogP contribution in [0, 0.1) is 13.8 Å². The number of nitrogens with one attached hydrogen (secondary N) is 2. The van der Waals surface area contributed by atoms with Crippen LogP contribution in [0.2, 0.25) is 5.15 Å². The molecule has 0 bridgehead atoms.